The van der Waals surface area contributed by atoms with Gasteiger partial charge in [-0.05, 0) is 38.2 Å². The summed E-state index contributed by atoms with van der Waals surface area (Å²) in [4.78, 5) is 0. The van der Waals surface area contributed by atoms with Crippen molar-refractivity contribution in [1.82, 2.24) is 4.57 Å². The Morgan fingerprint density at radius 1 is 1.53 bits per heavy atom. The molecule has 1 aliphatic carbocycles. The van der Waals surface area contributed by atoms with Gasteiger partial charge in [-0.15, -0.1) is 6.42 Å². The van der Waals surface area contributed by atoms with Gasteiger partial charge in [0.25, 0.3) is 0 Å². The van der Waals surface area contributed by atoms with Crippen LogP contribution >= 0.6 is 0 Å². The molecule has 92 valence electrons. The summed E-state index contributed by atoms with van der Waals surface area (Å²) in [6.07, 6.45) is 9.04. The second-order valence-electron chi connectivity index (χ2n) is 6.35. The van der Waals surface area contributed by atoms with Crippen LogP contribution in [0.1, 0.15) is 51.5 Å². The molecule has 0 bridgehead atoms. The third-order valence-corrected chi connectivity index (χ3v) is 3.73. The lowest BCUT2D eigenvalue weighted by atomic mass is 9.75. The molecular formula is C15H21NO. The van der Waals surface area contributed by atoms with Gasteiger partial charge in [0.15, 0.2) is 0 Å². The van der Waals surface area contributed by atoms with Gasteiger partial charge < -0.3 is 9.67 Å². The average molecular weight is 231 g/mol. The summed E-state index contributed by atoms with van der Waals surface area (Å²) in [6, 6.07) is 2.01. The van der Waals surface area contributed by atoms with Crippen molar-refractivity contribution >= 4 is 0 Å². The maximum absolute atomic E-state index is 10.2. The molecular weight excluding hydrogens is 210 g/mol. The standard InChI is InChI=1S/C15H21NO/c1-6-15(4,5)16-8-7-11-12(16)9-14(2,3)10-13(11)17/h1,7-8,13,17H,9-10H2,2-5H3. The van der Waals surface area contributed by atoms with Gasteiger partial charge in [0.2, 0.25) is 0 Å². The molecule has 2 heteroatoms. The van der Waals surface area contributed by atoms with Crippen LogP contribution < -0.4 is 0 Å². The quantitative estimate of drug-likeness (QED) is 0.739. The molecule has 0 fully saturated rings. The summed E-state index contributed by atoms with van der Waals surface area (Å²) in [5, 5.41) is 10.2. The molecule has 1 aromatic rings. The van der Waals surface area contributed by atoms with E-state index in [0.29, 0.717) is 0 Å². The van der Waals surface area contributed by atoms with Gasteiger partial charge in [-0.3, -0.25) is 0 Å². The molecule has 0 aromatic carbocycles. The predicted octanol–water partition coefficient (Wildman–Crippen LogP) is 2.86. The normalized spacial score (nSPS) is 22.9. The number of hydrogen-bond acceptors (Lipinski definition) is 1. The first-order valence-corrected chi connectivity index (χ1v) is 6.13. The summed E-state index contributed by atoms with van der Waals surface area (Å²) in [5.74, 6) is 2.82. The van der Waals surface area contributed by atoms with E-state index in [1.165, 1.54) is 5.69 Å². The second kappa shape index (κ2) is 3.65. The fraction of sp³-hybridized carbons (Fsp3) is 0.600. The van der Waals surface area contributed by atoms with E-state index >= 15 is 0 Å². The third kappa shape index (κ3) is 2.00. The van der Waals surface area contributed by atoms with Crippen molar-refractivity contribution in [3.05, 3.63) is 23.5 Å². The maximum Gasteiger partial charge on any atom is 0.0992 e. The molecule has 0 radical (unpaired) electrons. The van der Waals surface area contributed by atoms with Crippen LogP contribution in [-0.2, 0) is 12.0 Å². The first-order chi connectivity index (χ1) is 7.77. The van der Waals surface area contributed by atoms with E-state index in [0.717, 1.165) is 18.4 Å². The molecule has 0 amide bonds. The SMILES string of the molecule is C#CC(C)(C)n1ccc2c1CC(C)(C)CC2O. The van der Waals surface area contributed by atoms with E-state index in [1.807, 2.05) is 26.1 Å². The zero-order chi connectivity index (χ0) is 12.8. The Bertz CT molecular complexity index is 474. The maximum atomic E-state index is 10.2. The number of terminal acetylenes is 1. The van der Waals surface area contributed by atoms with E-state index in [4.69, 9.17) is 6.42 Å². The Morgan fingerprint density at radius 2 is 2.18 bits per heavy atom. The number of aliphatic hydroxyl groups is 1. The minimum atomic E-state index is -0.358. The van der Waals surface area contributed by atoms with E-state index in [9.17, 15) is 5.11 Å². The van der Waals surface area contributed by atoms with Gasteiger partial charge >= 0.3 is 0 Å². The average Bonchev–Trinajstić information content (AvgIpc) is 2.60. The molecule has 1 heterocycles. The van der Waals surface area contributed by atoms with Crippen LogP contribution in [0.3, 0.4) is 0 Å². The fourth-order valence-electron chi connectivity index (χ4n) is 2.72. The smallest absolute Gasteiger partial charge is 0.0992 e. The number of fused-ring (bicyclic) bond motifs is 1. The summed E-state index contributed by atoms with van der Waals surface area (Å²) < 4.78 is 2.13. The van der Waals surface area contributed by atoms with E-state index in [2.05, 4.69) is 24.3 Å². The van der Waals surface area contributed by atoms with E-state index in [-0.39, 0.29) is 17.1 Å². The molecule has 1 N–H and O–H groups in total. The zero-order valence-electron chi connectivity index (χ0n) is 11.1. The van der Waals surface area contributed by atoms with Gasteiger partial charge in [0, 0.05) is 17.5 Å². The molecule has 0 spiro atoms. The predicted molar refractivity (Wildman–Crippen MR) is 69.6 cm³/mol. The van der Waals surface area contributed by atoms with Crippen molar-refractivity contribution in [1.29, 1.82) is 0 Å². The summed E-state index contributed by atoms with van der Waals surface area (Å²) in [7, 11) is 0. The van der Waals surface area contributed by atoms with E-state index < -0.39 is 0 Å². The molecule has 1 aromatic heterocycles. The summed E-state index contributed by atoms with van der Waals surface area (Å²) >= 11 is 0. The van der Waals surface area contributed by atoms with Gasteiger partial charge in [0.05, 0.1) is 11.6 Å². The largest absolute Gasteiger partial charge is 0.388 e. The lowest BCUT2D eigenvalue weighted by molar-refractivity contribution is 0.0971. The van der Waals surface area contributed by atoms with Crippen LogP contribution in [0.4, 0.5) is 0 Å². The molecule has 2 nitrogen and oxygen atoms in total. The first-order valence-electron chi connectivity index (χ1n) is 6.13. The first kappa shape index (κ1) is 12.3. The number of aliphatic hydroxyl groups excluding tert-OH is 1. The molecule has 2 rings (SSSR count). The molecule has 0 aliphatic heterocycles. The molecule has 1 atom stereocenters. The van der Waals surface area contributed by atoms with Crippen LogP contribution in [0.25, 0.3) is 0 Å². The highest BCUT2D eigenvalue weighted by Crippen LogP contribution is 2.42. The molecule has 1 aliphatic rings. The Hall–Kier alpha value is -1.20. The van der Waals surface area contributed by atoms with Gasteiger partial charge in [-0.2, -0.15) is 0 Å². The monoisotopic (exact) mass is 231 g/mol. The number of aromatic nitrogens is 1. The van der Waals surface area contributed by atoms with Crippen molar-refractivity contribution in [2.45, 2.75) is 52.2 Å². The summed E-state index contributed by atoms with van der Waals surface area (Å²) in [5.41, 5.74) is 2.04. The topological polar surface area (TPSA) is 25.2 Å². The number of hydrogen-bond donors (Lipinski definition) is 1. The highest BCUT2D eigenvalue weighted by Gasteiger charge is 2.35. The van der Waals surface area contributed by atoms with Crippen LogP contribution in [0.5, 0.6) is 0 Å². The molecule has 0 saturated carbocycles. The number of rotatable bonds is 1. The molecule has 17 heavy (non-hydrogen) atoms. The third-order valence-electron chi connectivity index (χ3n) is 3.73. The van der Waals surface area contributed by atoms with Crippen molar-refractivity contribution in [2.75, 3.05) is 0 Å². The molecule has 1 unspecified atom stereocenters. The van der Waals surface area contributed by atoms with Gasteiger partial charge in [0.1, 0.15) is 0 Å². The highest BCUT2D eigenvalue weighted by molar-refractivity contribution is 5.32. The van der Waals surface area contributed by atoms with Crippen molar-refractivity contribution < 1.29 is 5.11 Å². The van der Waals surface area contributed by atoms with Crippen LogP contribution in [-0.4, -0.2) is 9.67 Å². The minimum Gasteiger partial charge on any atom is -0.388 e. The fourth-order valence-corrected chi connectivity index (χ4v) is 2.72. The van der Waals surface area contributed by atoms with Crippen molar-refractivity contribution in [3.8, 4) is 12.3 Å². The second-order valence-corrected chi connectivity index (χ2v) is 6.35. The highest BCUT2D eigenvalue weighted by atomic mass is 16.3. The van der Waals surface area contributed by atoms with Gasteiger partial charge in [-0.1, -0.05) is 19.8 Å². The Kier molecular flexibility index (Phi) is 2.63. The van der Waals surface area contributed by atoms with Crippen LogP contribution in [0.15, 0.2) is 12.3 Å². The summed E-state index contributed by atoms with van der Waals surface area (Å²) in [6.45, 7) is 8.45. The Morgan fingerprint density at radius 3 is 2.76 bits per heavy atom. The van der Waals surface area contributed by atoms with E-state index in [1.54, 1.807) is 0 Å². The van der Waals surface area contributed by atoms with Crippen LogP contribution in [0, 0.1) is 17.8 Å². The van der Waals surface area contributed by atoms with Crippen LogP contribution in [0.2, 0.25) is 0 Å². The Labute approximate surface area is 104 Å². The lowest BCUT2D eigenvalue weighted by Crippen LogP contribution is -2.31. The Balaban J connectivity index is 2.53. The minimum absolute atomic E-state index is 0.132. The number of nitrogens with zero attached hydrogens (tertiary/aromatic N) is 1. The lowest BCUT2D eigenvalue weighted by Gasteiger charge is -2.36. The van der Waals surface area contributed by atoms with Crippen molar-refractivity contribution in [2.24, 2.45) is 5.41 Å². The van der Waals surface area contributed by atoms with Gasteiger partial charge in [-0.25, -0.2) is 0 Å². The zero-order valence-corrected chi connectivity index (χ0v) is 11.1. The van der Waals surface area contributed by atoms with Crippen molar-refractivity contribution in [3.63, 3.8) is 0 Å². The molecule has 0 saturated heterocycles.